The van der Waals surface area contributed by atoms with E-state index in [1.165, 1.54) is 32.1 Å². The van der Waals surface area contributed by atoms with E-state index in [0.29, 0.717) is 5.92 Å². The van der Waals surface area contributed by atoms with E-state index in [9.17, 15) is 0 Å². The maximum absolute atomic E-state index is 4.87. The van der Waals surface area contributed by atoms with E-state index in [-0.39, 0.29) is 5.41 Å². The van der Waals surface area contributed by atoms with Crippen molar-refractivity contribution in [2.24, 2.45) is 5.92 Å². The van der Waals surface area contributed by atoms with Crippen LogP contribution in [0.15, 0.2) is 0 Å². The predicted octanol–water partition coefficient (Wildman–Crippen LogP) is 2.07. The molecule has 3 rings (SSSR count). The van der Waals surface area contributed by atoms with Gasteiger partial charge in [-0.05, 0) is 25.2 Å². The summed E-state index contributed by atoms with van der Waals surface area (Å²) < 4.78 is 0. The van der Waals surface area contributed by atoms with Gasteiger partial charge in [0.05, 0.1) is 0 Å². The van der Waals surface area contributed by atoms with Crippen LogP contribution >= 0.6 is 0 Å². The number of anilines is 1. The average Bonchev–Trinajstić information content (AvgIpc) is 3.08. The van der Waals surface area contributed by atoms with Crippen molar-refractivity contribution in [2.75, 3.05) is 31.1 Å². The van der Waals surface area contributed by atoms with Crippen molar-refractivity contribution in [3.8, 4) is 0 Å². The molecule has 112 valence electrons. The fraction of sp³-hybridized carbons (Fsp3) is 0.867. The van der Waals surface area contributed by atoms with Gasteiger partial charge < -0.3 is 10.2 Å². The molecule has 1 aromatic heterocycles. The number of H-pyrrole nitrogens is 1. The van der Waals surface area contributed by atoms with Crippen molar-refractivity contribution < 1.29 is 0 Å². The normalized spacial score (nSPS) is 22.6. The third-order valence-corrected chi connectivity index (χ3v) is 4.74. The summed E-state index contributed by atoms with van der Waals surface area (Å²) in [5.74, 6) is 2.75. The molecule has 0 radical (unpaired) electrons. The summed E-state index contributed by atoms with van der Waals surface area (Å²) >= 11 is 0. The SMILES string of the molecule is CC(C)CC1(c2nc(N3CCNCC3)n[nH]2)CCCC1. The largest absolute Gasteiger partial charge is 0.337 e. The zero-order valence-corrected chi connectivity index (χ0v) is 12.8. The highest BCUT2D eigenvalue weighted by Crippen LogP contribution is 2.44. The molecule has 1 saturated heterocycles. The van der Waals surface area contributed by atoms with Crippen molar-refractivity contribution in [1.29, 1.82) is 0 Å². The molecule has 1 aromatic rings. The van der Waals surface area contributed by atoms with Crippen LogP contribution in [0.4, 0.5) is 5.95 Å². The van der Waals surface area contributed by atoms with Gasteiger partial charge in [0.25, 0.3) is 0 Å². The second-order valence-electron chi connectivity index (χ2n) is 6.81. The molecule has 0 atom stereocenters. The zero-order chi connectivity index (χ0) is 14.0. The Morgan fingerprint density at radius 2 is 1.90 bits per heavy atom. The molecule has 0 aromatic carbocycles. The molecule has 1 saturated carbocycles. The maximum atomic E-state index is 4.87. The molecule has 5 heteroatoms. The molecule has 2 aliphatic rings. The Balaban J connectivity index is 1.79. The first-order chi connectivity index (χ1) is 9.70. The van der Waals surface area contributed by atoms with E-state index in [4.69, 9.17) is 4.98 Å². The summed E-state index contributed by atoms with van der Waals surface area (Å²) in [6.45, 7) is 8.70. The number of hydrogen-bond acceptors (Lipinski definition) is 4. The zero-order valence-electron chi connectivity index (χ0n) is 12.8. The predicted molar refractivity (Wildman–Crippen MR) is 81.1 cm³/mol. The first kappa shape index (κ1) is 13.9. The fourth-order valence-electron chi connectivity index (χ4n) is 3.87. The van der Waals surface area contributed by atoms with E-state index in [2.05, 4.69) is 34.3 Å². The van der Waals surface area contributed by atoms with E-state index in [1.54, 1.807) is 0 Å². The van der Waals surface area contributed by atoms with Gasteiger partial charge in [-0.25, -0.2) is 0 Å². The molecule has 2 heterocycles. The van der Waals surface area contributed by atoms with Crippen LogP contribution in [0.2, 0.25) is 0 Å². The summed E-state index contributed by atoms with van der Waals surface area (Å²) in [6, 6.07) is 0. The minimum atomic E-state index is 0.257. The third kappa shape index (κ3) is 2.68. The Morgan fingerprint density at radius 3 is 2.55 bits per heavy atom. The van der Waals surface area contributed by atoms with E-state index >= 15 is 0 Å². The Hall–Kier alpha value is -1.10. The quantitative estimate of drug-likeness (QED) is 0.884. The highest BCUT2D eigenvalue weighted by Gasteiger charge is 2.39. The number of aromatic nitrogens is 3. The highest BCUT2D eigenvalue weighted by atomic mass is 15.4. The van der Waals surface area contributed by atoms with Gasteiger partial charge >= 0.3 is 0 Å². The molecule has 0 spiro atoms. The van der Waals surface area contributed by atoms with Crippen LogP contribution < -0.4 is 10.2 Å². The van der Waals surface area contributed by atoms with Gasteiger partial charge in [0.1, 0.15) is 5.82 Å². The van der Waals surface area contributed by atoms with E-state index < -0.39 is 0 Å². The van der Waals surface area contributed by atoms with Crippen LogP contribution in [-0.2, 0) is 5.41 Å². The Kier molecular flexibility index (Phi) is 3.96. The van der Waals surface area contributed by atoms with Crippen LogP contribution in [0, 0.1) is 5.92 Å². The van der Waals surface area contributed by atoms with Gasteiger partial charge in [-0.15, -0.1) is 5.10 Å². The lowest BCUT2D eigenvalue weighted by atomic mass is 9.78. The summed E-state index contributed by atoms with van der Waals surface area (Å²) in [4.78, 5) is 7.16. The molecule has 5 nitrogen and oxygen atoms in total. The lowest BCUT2D eigenvalue weighted by Gasteiger charge is -2.29. The van der Waals surface area contributed by atoms with Crippen LogP contribution in [0.25, 0.3) is 0 Å². The Bertz CT molecular complexity index is 427. The van der Waals surface area contributed by atoms with Crippen LogP contribution in [-0.4, -0.2) is 41.4 Å². The maximum Gasteiger partial charge on any atom is 0.244 e. The minimum absolute atomic E-state index is 0.257. The molecule has 1 aliphatic heterocycles. The van der Waals surface area contributed by atoms with Gasteiger partial charge in [0.15, 0.2) is 0 Å². The van der Waals surface area contributed by atoms with Crippen molar-refractivity contribution >= 4 is 5.95 Å². The summed E-state index contributed by atoms with van der Waals surface area (Å²) in [5, 5.41) is 11.1. The number of nitrogens with one attached hydrogen (secondary N) is 2. The topological polar surface area (TPSA) is 56.8 Å². The molecule has 20 heavy (non-hydrogen) atoms. The smallest absolute Gasteiger partial charge is 0.244 e. The molecule has 2 N–H and O–H groups in total. The van der Waals surface area contributed by atoms with Gasteiger partial charge in [0.2, 0.25) is 5.95 Å². The summed E-state index contributed by atoms with van der Waals surface area (Å²) in [7, 11) is 0. The van der Waals surface area contributed by atoms with E-state index in [0.717, 1.165) is 38.0 Å². The first-order valence-corrected chi connectivity index (χ1v) is 8.08. The third-order valence-electron chi connectivity index (χ3n) is 4.74. The monoisotopic (exact) mass is 277 g/mol. The minimum Gasteiger partial charge on any atom is -0.337 e. The lowest BCUT2D eigenvalue weighted by Crippen LogP contribution is -2.44. The number of hydrogen-bond donors (Lipinski definition) is 2. The number of nitrogens with zero attached hydrogens (tertiary/aromatic N) is 3. The summed E-state index contributed by atoms with van der Waals surface area (Å²) in [6.07, 6.45) is 6.42. The van der Waals surface area contributed by atoms with Gasteiger partial charge in [-0.1, -0.05) is 26.7 Å². The molecule has 1 aliphatic carbocycles. The van der Waals surface area contributed by atoms with Crippen molar-refractivity contribution in [2.45, 2.75) is 51.4 Å². The van der Waals surface area contributed by atoms with Gasteiger partial charge in [-0.2, -0.15) is 4.98 Å². The molecular formula is C15H27N5. The molecule has 0 unspecified atom stereocenters. The second-order valence-corrected chi connectivity index (χ2v) is 6.81. The highest BCUT2D eigenvalue weighted by molar-refractivity contribution is 5.31. The van der Waals surface area contributed by atoms with Crippen molar-refractivity contribution in [1.82, 2.24) is 20.5 Å². The molecular weight excluding hydrogens is 250 g/mol. The fourth-order valence-corrected chi connectivity index (χ4v) is 3.87. The van der Waals surface area contributed by atoms with Crippen molar-refractivity contribution in [3.63, 3.8) is 0 Å². The standard InChI is InChI=1S/C15H27N5/c1-12(2)11-15(5-3-4-6-15)13-17-14(19-18-13)20-9-7-16-8-10-20/h12,16H,3-11H2,1-2H3,(H,17,18,19). The molecule has 0 bridgehead atoms. The Morgan fingerprint density at radius 1 is 1.20 bits per heavy atom. The lowest BCUT2D eigenvalue weighted by molar-refractivity contribution is 0.329. The molecule has 0 amide bonds. The number of piperazine rings is 1. The Labute approximate surface area is 121 Å². The number of aromatic amines is 1. The van der Waals surface area contributed by atoms with Gasteiger partial charge in [-0.3, -0.25) is 5.10 Å². The molecule has 2 fully saturated rings. The van der Waals surface area contributed by atoms with E-state index in [1.807, 2.05) is 0 Å². The van der Waals surface area contributed by atoms with Gasteiger partial charge in [0, 0.05) is 31.6 Å². The summed E-state index contributed by atoms with van der Waals surface area (Å²) in [5.41, 5.74) is 0.257. The van der Waals surface area contributed by atoms with Crippen LogP contribution in [0.1, 0.15) is 51.8 Å². The average molecular weight is 277 g/mol. The van der Waals surface area contributed by atoms with Crippen molar-refractivity contribution in [3.05, 3.63) is 5.82 Å². The number of rotatable bonds is 4. The van der Waals surface area contributed by atoms with Crippen LogP contribution in [0.3, 0.4) is 0 Å². The van der Waals surface area contributed by atoms with Crippen LogP contribution in [0.5, 0.6) is 0 Å². The first-order valence-electron chi connectivity index (χ1n) is 8.08. The second kappa shape index (κ2) is 5.72.